The number of nitrogens with two attached hydrogens (primary N) is 1. The third-order valence-electron chi connectivity index (χ3n) is 2.30. The molecule has 1 aromatic carbocycles. The number of oxazole rings is 1. The van der Waals surface area contributed by atoms with E-state index in [1.165, 1.54) is 23.5 Å². The Kier molecular flexibility index (Phi) is 2.38. The second-order valence-electron chi connectivity index (χ2n) is 3.46. The zero-order valence-corrected chi connectivity index (χ0v) is 9.50. The van der Waals surface area contributed by atoms with Crippen molar-refractivity contribution in [3.8, 4) is 11.6 Å². The fraction of sp³-hybridized carbons (Fsp3) is 0.0909. The van der Waals surface area contributed by atoms with Crippen LogP contribution in [0, 0.1) is 5.82 Å². The van der Waals surface area contributed by atoms with Crippen molar-refractivity contribution in [3.63, 3.8) is 0 Å². The highest BCUT2D eigenvalue weighted by Crippen LogP contribution is 2.25. The normalized spacial score (nSPS) is 11.2. The molecule has 0 saturated carbocycles. The monoisotopic (exact) mass is 249 g/mol. The smallest absolute Gasteiger partial charge is 0.247 e. The predicted molar refractivity (Wildman–Crippen MR) is 63.0 cm³/mol. The van der Waals surface area contributed by atoms with Gasteiger partial charge in [-0.1, -0.05) is 0 Å². The van der Waals surface area contributed by atoms with E-state index in [0.29, 0.717) is 29.2 Å². The summed E-state index contributed by atoms with van der Waals surface area (Å²) in [6, 6.07) is 4.23. The van der Waals surface area contributed by atoms with Gasteiger partial charge in [-0.3, -0.25) is 0 Å². The third kappa shape index (κ3) is 1.81. The lowest BCUT2D eigenvalue weighted by Crippen LogP contribution is -1.94. The number of thiazole rings is 1. The van der Waals surface area contributed by atoms with Crippen LogP contribution in [-0.4, -0.2) is 9.97 Å². The van der Waals surface area contributed by atoms with Crippen LogP contribution in [-0.2, 0) is 6.54 Å². The van der Waals surface area contributed by atoms with Crippen molar-refractivity contribution >= 4 is 22.4 Å². The highest BCUT2D eigenvalue weighted by Gasteiger charge is 2.11. The summed E-state index contributed by atoms with van der Waals surface area (Å²) in [7, 11) is 0. The average Bonchev–Trinajstić information content (AvgIpc) is 2.93. The van der Waals surface area contributed by atoms with E-state index in [0.717, 1.165) is 5.01 Å². The molecule has 3 aromatic rings. The van der Waals surface area contributed by atoms with Gasteiger partial charge in [-0.05, 0) is 12.1 Å². The van der Waals surface area contributed by atoms with Gasteiger partial charge in [-0.15, -0.1) is 11.3 Å². The summed E-state index contributed by atoms with van der Waals surface area (Å²) in [5, 5.41) is 2.64. The molecule has 0 spiro atoms. The first kappa shape index (κ1) is 10.4. The van der Waals surface area contributed by atoms with Gasteiger partial charge in [0.15, 0.2) is 5.58 Å². The van der Waals surface area contributed by atoms with Gasteiger partial charge < -0.3 is 10.2 Å². The summed E-state index contributed by atoms with van der Waals surface area (Å²) in [6.07, 6.45) is 0. The van der Waals surface area contributed by atoms with Crippen LogP contribution in [0.15, 0.2) is 28.0 Å². The second-order valence-corrected chi connectivity index (χ2v) is 4.40. The Hall–Kier alpha value is -1.79. The Morgan fingerprint density at radius 1 is 1.35 bits per heavy atom. The Balaban J connectivity index is 2.11. The molecule has 86 valence electrons. The fourth-order valence-electron chi connectivity index (χ4n) is 1.51. The molecule has 4 nitrogen and oxygen atoms in total. The van der Waals surface area contributed by atoms with Crippen LogP contribution in [0.25, 0.3) is 22.7 Å². The number of hydrogen-bond acceptors (Lipinski definition) is 5. The first-order valence-electron chi connectivity index (χ1n) is 4.97. The van der Waals surface area contributed by atoms with E-state index in [-0.39, 0.29) is 5.82 Å². The SMILES string of the molecule is NCc1nc(-c2nc3ccc(F)cc3o2)cs1. The zero-order valence-electron chi connectivity index (χ0n) is 8.68. The summed E-state index contributed by atoms with van der Waals surface area (Å²) < 4.78 is 18.4. The standard InChI is InChI=1S/C11H8FN3OS/c12-6-1-2-7-9(3-6)16-11(15-7)8-5-17-10(4-13)14-8/h1-3,5H,4,13H2. The summed E-state index contributed by atoms with van der Waals surface area (Å²) in [5.41, 5.74) is 7.15. The average molecular weight is 249 g/mol. The van der Waals surface area contributed by atoms with Crippen LogP contribution in [0.2, 0.25) is 0 Å². The van der Waals surface area contributed by atoms with Crippen molar-refractivity contribution in [2.75, 3.05) is 0 Å². The molecule has 3 rings (SSSR count). The van der Waals surface area contributed by atoms with E-state index in [4.69, 9.17) is 10.2 Å². The van der Waals surface area contributed by atoms with Crippen molar-refractivity contribution in [3.05, 3.63) is 34.4 Å². The number of aromatic nitrogens is 2. The molecule has 2 heterocycles. The van der Waals surface area contributed by atoms with Gasteiger partial charge in [-0.25, -0.2) is 14.4 Å². The molecule has 6 heteroatoms. The molecule has 0 aliphatic rings. The summed E-state index contributed by atoms with van der Waals surface area (Å²) >= 11 is 1.45. The van der Waals surface area contributed by atoms with E-state index in [1.807, 2.05) is 5.38 Å². The van der Waals surface area contributed by atoms with Crippen molar-refractivity contribution in [1.82, 2.24) is 9.97 Å². The van der Waals surface area contributed by atoms with Crippen LogP contribution in [0.1, 0.15) is 5.01 Å². The second kappa shape index (κ2) is 3.90. The minimum absolute atomic E-state index is 0.346. The molecule has 0 radical (unpaired) electrons. The fourth-order valence-corrected chi connectivity index (χ4v) is 2.16. The number of rotatable bonds is 2. The lowest BCUT2D eigenvalue weighted by atomic mass is 10.3. The van der Waals surface area contributed by atoms with Gasteiger partial charge in [-0.2, -0.15) is 0 Å². The van der Waals surface area contributed by atoms with Gasteiger partial charge in [0.25, 0.3) is 0 Å². The number of hydrogen-bond donors (Lipinski definition) is 1. The van der Waals surface area contributed by atoms with Gasteiger partial charge >= 0.3 is 0 Å². The topological polar surface area (TPSA) is 64.9 Å². The van der Waals surface area contributed by atoms with E-state index in [9.17, 15) is 4.39 Å². The molecule has 17 heavy (non-hydrogen) atoms. The molecule has 0 amide bonds. The van der Waals surface area contributed by atoms with Gasteiger partial charge in [0.05, 0.1) is 0 Å². The molecule has 0 fully saturated rings. The molecule has 0 aliphatic carbocycles. The van der Waals surface area contributed by atoms with Gasteiger partial charge in [0.2, 0.25) is 5.89 Å². The molecule has 0 aliphatic heterocycles. The maximum atomic E-state index is 13.0. The van der Waals surface area contributed by atoms with Crippen LogP contribution < -0.4 is 5.73 Å². The molecule has 0 bridgehead atoms. The first-order valence-corrected chi connectivity index (χ1v) is 5.85. The summed E-state index contributed by atoms with van der Waals surface area (Å²) in [5.74, 6) is 0.0441. The van der Waals surface area contributed by atoms with Gasteiger partial charge in [0, 0.05) is 18.0 Å². The molecule has 2 aromatic heterocycles. The lowest BCUT2D eigenvalue weighted by molar-refractivity contribution is 0.601. The van der Waals surface area contributed by atoms with Crippen LogP contribution in [0.4, 0.5) is 4.39 Å². The Labute approximate surface area is 99.9 Å². The number of benzene rings is 1. The van der Waals surface area contributed by atoms with E-state index >= 15 is 0 Å². The summed E-state index contributed by atoms with van der Waals surface area (Å²) in [6.45, 7) is 0.388. The minimum Gasteiger partial charge on any atom is -0.435 e. The first-order chi connectivity index (χ1) is 8.26. The molecule has 0 atom stereocenters. The maximum absolute atomic E-state index is 13.0. The van der Waals surface area contributed by atoms with Crippen molar-refractivity contribution in [2.24, 2.45) is 5.73 Å². The Morgan fingerprint density at radius 3 is 3.00 bits per heavy atom. The number of nitrogens with zero attached hydrogens (tertiary/aromatic N) is 2. The van der Waals surface area contributed by atoms with Gasteiger partial charge in [0.1, 0.15) is 22.0 Å². The van der Waals surface area contributed by atoms with Crippen LogP contribution in [0.3, 0.4) is 0 Å². The number of halogens is 1. The van der Waals surface area contributed by atoms with E-state index < -0.39 is 0 Å². The molecular formula is C11H8FN3OS. The van der Waals surface area contributed by atoms with Crippen molar-refractivity contribution < 1.29 is 8.81 Å². The highest BCUT2D eigenvalue weighted by atomic mass is 32.1. The molecule has 2 N–H and O–H groups in total. The van der Waals surface area contributed by atoms with Crippen molar-refractivity contribution in [2.45, 2.75) is 6.54 Å². The quantitative estimate of drug-likeness (QED) is 0.758. The maximum Gasteiger partial charge on any atom is 0.247 e. The predicted octanol–water partition coefficient (Wildman–Crippen LogP) is 2.55. The minimum atomic E-state index is -0.346. The molecule has 0 unspecified atom stereocenters. The largest absolute Gasteiger partial charge is 0.435 e. The summed E-state index contributed by atoms with van der Waals surface area (Å²) in [4.78, 5) is 8.50. The molecular weight excluding hydrogens is 241 g/mol. The van der Waals surface area contributed by atoms with E-state index in [2.05, 4.69) is 9.97 Å². The van der Waals surface area contributed by atoms with Crippen molar-refractivity contribution in [1.29, 1.82) is 0 Å². The molecule has 0 saturated heterocycles. The van der Waals surface area contributed by atoms with E-state index in [1.54, 1.807) is 6.07 Å². The Morgan fingerprint density at radius 2 is 2.24 bits per heavy atom. The number of fused-ring (bicyclic) bond motifs is 1. The third-order valence-corrected chi connectivity index (χ3v) is 3.17. The van der Waals surface area contributed by atoms with Crippen LogP contribution in [0.5, 0.6) is 0 Å². The highest BCUT2D eigenvalue weighted by molar-refractivity contribution is 7.09. The zero-order chi connectivity index (χ0) is 11.8. The lowest BCUT2D eigenvalue weighted by Gasteiger charge is -1.86. The van der Waals surface area contributed by atoms with Crippen LogP contribution >= 0.6 is 11.3 Å². The Bertz CT molecular complexity index is 676.